The maximum Gasteiger partial charge on any atom is 0.255 e. The second-order valence-electron chi connectivity index (χ2n) is 9.83. The summed E-state index contributed by atoms with van der Waals surface area (Å²) >= 11 is 0. The quantitative estimate of drug-likeness (QED) is 0.753. The lowest BCUT2D eigenvalue weighted by Crippen LogP contribution is -2.59. The average molecular weight is 434 g/mol. The molecule has 1 saturated carbocycles. The molecule has 1 saturated heterocycles. The first-order valence-electron chi connectivity index (χ1n) is 10.8. The van der Waals surface area contributed by atoms with Crippen LogP contribution in [0.15, 0.2) is 48.5 Å². The van der Waals surface area contributed by atoms with Crippen molar-refractivity contribution in [2.75, 3.05) is 19.1 Å². The lowest BCUT2D eigenvalue weighted by molar-refractivity contribution is -0.147. The fraction of sp³-hybridized carbons (Fsp3) is 0.400. The van der Waals surface area contributed by atoms with Gasteiger partial charge in [-0.2, -0.15) is 0 Å². The molecule has 1 aliphatic carbocycles. The van der Waals surface area contributed by atoms with Gasteiger partial charge in [-0.25, -0.2) is 5.43 Å². The van der Waals surface area contributed by atoms with Crippen molar-refractivity contribution < 1.29 is 19.1 Å². The highest BCUT2D eigenvalue weighted by Crippen LogP contribution is 2.62. The van der Waals surface area contributed by atoms with Gasteiger partial charge in [0.15, 0.2) is 11.3 Å². The molecule has 0 bridgehead atoms. The Balaban J connectivity index is 1.67. The zero-order valence-electron chi connectivity index (χ0n) is 18.8. The lowest BCUT2D eigenvalue weighted by atomic mass is 9.64. The zero-order chi connectivity index (χ0) is 22.9. The Hall–Kier alpha value is -3.19. The van der Waals surface area contributed by atoms with Gasteiger partial charge in [-0.1, -0.05) is 44.2 Å². The Bertz CT molecular complexity index is 1140. The average Bonchev–Trinajstić information content (AvgIpc) is 3.26. The van der Waals surface area contributed by atoms with Crippen LogP contribution in [0.3, 0.4) is 0 Å². The number of ether oxygens (including phenoxy) is 1. The molecule has 1 N–H and O–H groups in total. The van der Waals surface area contributed by atoms with Crippen LogP contribution in [0.25, 0.3) is 0 Å². The van der Waals surface area contributed by atoms with E-state index in [1.54, 1.807) is 19.1 Å². The standard InChI is InChI=1S/C25H27N3O4/c1-23(2)13-20(29)24(15-23)21(30)27(3)26-25(24)18-7-5-6-8-19(18)28(22(25)31)14-16-9-11-17(32-4)12-10-16/h5-12,26H,13-15H2,1-4H3/t24-,25+/m1/s1. The summed E-state index contributed by atoms with van der Waals surface area (Å²) in [5.74, 6) is -0.0274. The molecule has 7 nitrogen and oxygen atoms in total. The Morgan fingerprint density at radius 1 is 1.00 bits per heavy atom. The van der Waals surface area contributed by atoms with Crippen LogP contribution in [0, 0.1) is 10.8 Å². The van der Waals surface area contributed by atoms with Crippen molar-refractivity contribution >= 4 is 23.3 Å². The van der Waals surface area contributed by atoms with Crippen LogP contribution in [0.2, 0.25) is 0 Å². The van der Waals surface area contributed by atoms with Gasteiger partial charge in [0.1, 0.15) is 11.2 Å². The number of nitrogens with one attached hydrogen (secondary N) is 1. The van der Waals surface area contributed by atoms with Crippen LogP contribution < -0.4 is 15.1 Å². The number of hydrogen-bond acceptors (Lipinski definition) is 5. The van der Waals surface area contributed by atoms with Crippen LogP contribution in [-0.2, 0) is 26.5 Å². The molecule has 2 aromatic rings. The van der Waals surface area contributed by atoms with Crippen molar-refractivity contribution in [1.29, 1.82) is 0 Å². The monoisotopic (exact) mass is 433 g/mol. The van der Waals surface area contributed by atoms with Gasteiger partial charge in [0.05, 0.1) is 13.7 Å². The van der Waals surface area contributed by atoms with E-state index < -0.39 is 11.0 Å². The van der Waals surface area contributed by atoms with Crippen molar-refractivity contribution in [3.63, 3.8) is 0 Å². The third-order valence-corrected chi connectivity index (χ3v) is 7.17. The number of amides is 2. The number of methoxy groups -OCH3 is 1. The molecule has 2 aliphatic heterocycles. The second-order valence-corrected chi connectivity index (χ2v) is 9.83. The molecule has 2 spiro atoms. The highest BCUT2D eigenvalue weighted by Gasteiger charge is 2.77. The van der Waals surface area contributed by atoms with Crippen LogP contribution >= 0.6 is 0 Å². The maximum atomic E-state index is 14.2. The number of benzene rings is 2. The Morgan fingerprint density at radius 3 is 2.31 bits per heavy atom. The summed E-state index contributed by atoms with van der Waals surface area (Å²) in [5.41, 5.74) is 2.25. The number of nitrogens with zero attached hydrogens (tertiary/aromatic N) is 2. The van der Waals surface area contributed by atoms with E-state index in [1.807, 2.05) is 62.4 Å². The van der Waals surface area contributed by atoms with Crippen molar-refractivity contribution in [3.8, 4) is 5.75 Å². The van der Waals surface area contributed by atoms with E-state index in [4.69, 9.17) is 4.74 Å². The molecule has 3 aliphatic rings. The molecular weight excluding hydrogens is 406 g/mol. The van der Waals surface area contributed by atoms with E-state index >= 15 is 0 Å². The minimum Gasteiger partial charge on any atom is -0.497 e. The summed E-state index contributed by atoms with van der Waals surface area (Å²) in [5, 5.41) is 1.34. The summed E-state index contributed by atoms with van der Waals surface area (Å²) in [7, 11) is 3.21. The number of carbonyl (C=O) groups excluding carboxylic acids is 3. The third-order valence-electron chi connectivity index (χ3n) is 7.17. The maximum absolute atomic E-state index is 14.2. The third kappa shape index (κ3) is 2.48. The van der Waals surface area contributed by atoms with Gasteiger partial charge in [0, 0.05) is 24.7 Å². The highest BCUT2D eigenvalue weighted by molar-refractivity contribution is 6.21. The Kier molecular flexibility index (Phi) is 4.30. The molecule has 2 atom stereocenters. The number of hydrogen-bond donors (Lipinski definition) is 1. The molecule has 32 heavy (non-hydrogen) atoms. The number of para-hydroxylation sites is 1. The fourth-order valence-corrected chi connectivity index (χ4v) is 5.89. The molecule has 2 aromatic carbocycles. The molecule has 2 heterocycles. The van der Waals surface area contributed by atoms with E-state index in [-0.39, 0.29) is 29.4 Å². The van der Waals surface area contributed by atoms with Gasteiger partial charge in [-0.05, 0) is 35.6 Å². The van der Waals surface area contributed by atoms with E-state index in [1.165, 1.54) is 5.01 Å². The van der Waals surface area contributed by atoms with Gasteiger partial charge in [0.2, 0.25) is 0 Å². The summed E-state index contributed by atoms with van der Waals surface area (Å²) in [4.78, 5) is 43.0. The molecule has 0 unspecified atom stereocenters. The lowest BCUT2D eigenvalue weighted by Gasteiger charge is -2.36. The van der Waals surface area contributed by atoms with E-state index in [0.717, 1.165) is 17.0 Å². The number of Topliss-reactive ketones (excluding diaryl/α,β-unsaturated/α-hetero) is 1. The summed E-state index contributed by atoms with van der Waals surface area (Å²) in [6.07, 6.45) is 0.593. The number of fused-ring (bicyclic) bond motifs is 3. The van der Waals surface area contributed by atoms with Gasteiger partial charge in [0.25, 0.3) is 11.8 Å². The SMILES string of the molecule is COc1ccc(CN2C(=O)[C@@]3(NN(C)C(=O)[C@]34CC(C)(C)CC4=O)c3ccccc32)cc1. The predicted octanol–water partition coefficient (Wildman–Crippen LogP) is 2.79. The minimum atomic E-state index is -1.45. The van der Waals surface area contributed by atoms with Crippen LogP contribution in [0.5, 0.6) is 5.75 Å². The van der Waals surface area contributed by atoms with Crippen molar-refractivity contribution in [1.82, 2.24) is 10.4 Å². The van der Waals surface area contributed by atoms with E-state index in [0.29, 0.717) is 18.5 Å². The molecule has 0 aromatic heterocycles. The summed E-state index contributed by atoms with van der Waals surface area (Å²) in [6, 6.07) is 15.0. The van der Waals surface area contributed by atoms with Crippen LogP contribution in [0.1, 0.15) is 37.8 Å². The van der Waals surface area contributed by atoms with Crippen LogP contribution in [0.4, 0.5) is 5.69 Å². The Labute approximate surface area is 187 Å². The smallest absolute Gasteiger partial charge is 0.255 e. The largest absolute Gasteiger partial charge is 0.497 e. The molecule has 7 heteroatoms. The number of anilines is 1. The van der Waals surface area contributed by atoms with Crippen molar-refractivity contribution in [2.45, 2.75) is 38.8 Å². The van der Waals surface area contributed by atoms with Gasteiger partial charge < -0.3 is 9.64 Å². The first-order chi connectivity index (χ1) is 15.2. The van der Waals surface area contributed by atoms with Crippen molar-refractivity contribution in [3.05, 3.63) is 59.7 Å². The fourth-order valence-electron chi connectivity index (χ4n) is 5.89. The Morgan fingerprint density at radius 2 is 1.69 bits per heavy atom. The topological polar surface area (TPSA) is 79.0 Å². The van der Waals surface area contributed by atoms with Gasteiger partial charge >= 0.3 is 0 Å². The molecule has 2 fully saturated rings. The van der Waals surface area contributed by atoms with Crippen molar-refractivity contribution in [2.24, 2.45) is 10.8 Å². The normalized spacial score (nSPS) is 28.3. The highest BCUT2D eigenvalue weighted by atomic mass is 16.5. The first kappa shape index (κ1) is 20.7. The van der Waals surface area contributed by atoms with Gasteiger partial charge in [-0.3, -0.25) is 19.4 Å². The van der Waals surface area contributed by atoms with E-state index in [2.05, 4.69) is 5.43 Å². The van der Waals surface area contributed by atoms with Gasteiger partial charge in [-0.15, -0.1) is 0 Å². The second kappa shape index (κ2) is 6.65. The summed E-state index contributed by atoms with van der Waals surface area (Å²) in [6.45, 7) is 4.30. The first-order valence-corrected chi connectivity index (χ1v) is 10.8. The van der Waals surface area contributed by atoms with Crippen LogP contribution in [-0.4, -0.2) is 36.8 Å². The molecule has 5 rings (SSSR count). The number of hydrazine groups is 1. The van der Waals surface area contributed by atoms with E-state index in [9.17, 15) is 14.4 Å². The number of rotatable bonds is 3. The number of carbonyl (C=O) groups is 3. The number of ketones is 1. The molecular formula is C25H27N3O4. The molecule has 0 radical (unpaired) electrons. The minimum absolute atomic E-state index is 0.168. The predicted molar refractivity (Wildman–Crippen MR) is 119 cm³/mol. The molecule has 2 amide bonds. The summed E-state index contributed by atoms with van der Waals surface area (Å²) < 4.78 is 5.24. The zero-order valence-corrected chi connectivity index (χ0v) is 18.8. The molecule has 166 valence electrons.